The molecule has 6 nitrogen and oxygen atoms in total. The average Bonchev–Trinajstić information content (AvgIpc) is 2.62. The van der Waals surface area contributed by atoms with Gasteiger partial charge in [-0.05, 0) is 43.3 Å². The van der Waals surface area contributed by atoms with Gasteiger partial charge in [0.1, 0.15) is 12.3 Å². The van der Waals surface area contributed by atoms with Gasteiger partial charge in [-0.3, -0.25) is 9.10 Å². The Morgan fingerprint density at radius 1 is 1.07 bits per heavy atom. The van der Waals surface area contributed by atoms with E-state index in [0.717, 1.165) is 4.31 Å². The monoisotopic (exact) mass is 451 g/mol. The zero-order valence-corrected chi connectivity index (χ0v) is 17.5. The molecular formula is C17H16Cl3NO5S. The minimum Gasteiger partial charge on any atom is -0.495 e. The van der Waals surface area contributed by atoms with E-state index in [1.165, 1.54) is 43.5 Å². The van der Waals surface area contributed by atoms with Crippen LogP contribution in [0.3, 0.4) is 0 Å². The molecule has 0 bridgehead atoms. The SMILES string of the molecule is CCOC(=O)CN(c1cc(Cl)ccc1OC)S(=O)(=O)c1ccc(Cl)c(Cl)c1. The van der Waals surface area contributed by atoms with E-state index in [1.54, 1.807) is 6.92 Å². The molecular weight excluding hydrogens is 437 g/mol. The second kappa shape index (κ2) is 9.01. The highest BCUT2D eigenvalue weighted by atomic mass is 35.5. The van der Waals surface area contributed by atoms with E-state index in [0.29, 0.717) is 0 Å². The van der Waals surface area contributed by atoms with Crippen molar-refractivity contribution in [1.29, 1.82) is 0 Å². The van der Waals surface area contributed by atoms with Gasteiger partial charge < -0.3 is 9.47 Å². The molecule has 0 amide bonds. The van der Waals surface area contributed by atoms with Gasteiger partial charge in [-0.2, -0.15) is 0 Å². The van der Waals surface area contributed by atoms with Crippen LogP contribution in [0.4, 0.5) is 5.69 Å². The Kier molecular flexibility index (Phi) is 7.22. The molecule has 0 aliphatic heterocycles. The molecule has 2 rings (SSSR count). The van der Waals surface area contributed by atoms with E-state index >= 15 is 0 Å². The Morgan fingerprint density at radius 3 is 2.37 bits per heavy atom. The van der Waals surface area contributed by atoms with Crippen molar-refractivity contribution in [2.75, 3.05) is 24.6 Å². The second-order valence-corrected chi connectivity index (χ2v) is 8.32. The van der Waals surface area contributed by atoms with Crippen molar-refractivity contribution in [3.8, 4) is 5.75 Å². The predicted octanol–water partition coefficient (Wildman–Crippen LogP) is 4.41. The van der Waals surface area contributed by atoms with Gasteiger partial charge >= 0.3 is 5.97 Å². The lowest BCUT2D eigenvalue weighted by molar-refractivity contribution is -0.141. The van der Waals surface area contributed by atoms with Crippen LogP contribution < -0.4 is 9.04 Å². The van der Waals surface area contributed by atoms with Crippen LogP contribution in [0.25, 0.3) is 0 Å². The molecule has 0 radical (unpaired) electrons. The standard InChI is InChI=1S/C17H16Cl3NO5S/c1-3-26-17(22)10-21(15-8-11(18)4-7-16(15)25-2)27(23,24)12-5-6-13(19)14(20)9-12/h4-9H,3,10H2,1-2H3. The fraction of sp³-hybridized carbons (Fsp3) is 0.235. The van der Waals surface area contributed by atoms with Crippen molar-refractivity contribution in [1.82, 2.24) is 0 Å². The van der Waals surface area contributed by atoms with Crippen LogP contribution in [-0.2, 0) is 19.6 Å². The molecule has 27 heavy (non-hydrogen) atoms. The van der Waals surface area contributed by atoms with Crippen LogP contribution >= 0.6 is 34.8 Å². The van der Waals surface area contributed by atoms with Gasteiger partial charge in [-0.15, -0.1) is 0 Å². The zero-order chi connectivity index (χ0) is 20.2. The number of nitrogens with zero attached hydrogens (tertiary/aromatic N) is 1. The summed E-state index contributed by atoms with van der Waals surface area (Å²) >= 11 is 17.9. The van der Waals surface area contributed by atoms with Gasteiger partial charge in [0, 0.05) is 5.02 Å². The summed E-state index contributed by atoms with van der Waals surface area (Å²) in [5.41, 5.74) is 0.0872. The molecule has 146 valence electrons. The van der Waals surface area contributed by atoms with Gasteiger partial charge in [0.05, 0.1) is 34.3 Å². The first kappa shape index (κ1) is 21.6. The van der Waals surface area contributed by atoms with Crippen molar-refractivity contribution in [2.24, 2.45) is 0 Å². The van der Waals surface area contributed by atoms with Gasteiger partial charge in [0.15, 0.2) is 0 Å². The molecule has 0 unspecified atom stereocenters. The smallest absolute Gasteiger partial charge is 0.326 e. The summed E-state index contributed by atoms with van der Waals surface area (Å²) in [7, 11) is -2.83. The Bertz CT molecular complexity index is 950. The van der Waals surface area contributed by atoms with Crippen LogP contribution in [0.15, 0.2) is 41.3 Å². The van der Waals surface area contributed by atoms with E-state index < -0.39 is 22.5 Å². The highest BCUT2D eigenvalue weighted by Gasteiger charge is 2.30. The van der Waals surface area contributed by atoms with E-state index in [4.69, 9.17) is 44.3 Å². The summed E-state index contributed by atoms with van der Waals surface area (Å²) in [6.07, 6.45) is 0. The van der Waals surface area contributed by atoms with Crippen LogP contribution in [0.2, 0.25) is 15.1 Å². The number of hydrogen-bond acceptors (Lipinski definition) is 5. The van der Waals surface area contributed by atoms with Gasteiger partial charge in [0.25, 0.3) is 10.0 Å². The lowest BCUT2D eigenvalue weighted by Gasteiger charge is -2.25. The predicted molar refractivity (Wildman–Crippen MR) is 106 cm³/mol. The van der Waals surface area contributed by atoms with Crippen LogP contribution in [0, 0.1) is 0 Å². The van der Waals surface area contributed by atoms with E-state index in [2.05, 4.69) is 0 Å². The quantitative estimate of drug-likeness (QED) is 0.582. The number of halogens is 3. The number of hydrogen-bond donors (Lipinski definition) is 0. The fourth-order valence-corrected chi connectivity index (χ4v) is 4.21. The van der Waals surface area contributed by atoms with Crippen molar-refractivity contribution in [2.45, 2.75) is 11.8 Å². The molecule has 0 N–H and O–H groups in total. The molecule has 0 saturated heterocycles. The van der Waals surface area contributed by atoms with Crippen molar-refractivity contribution >= 4 is 56.5 Å². The summed E-state index contributed by atoms with van der Waals surface area (Å²) in [6, 6.07) is 8.27. The maximum atomic E-state index is 13.2. The first-order chi connectivity index (χ1) is 12.7. The molecule has 0 fully saturated rings. The van der Waals surface area contributed by atoms with E-state index in [-0.39, 0.29) is 38.0 Å². The number of rotatable bonds is 7. The molecule has 2 aromatic rings. The Morgan fingerprint density at radius 2 is 1.78 bits per heavy atom. The van der Waals surface area contributed by atoms with Gasteiger partial charge in [0.2, 0.25) is 0 Å². The molecule has 10 heteroatoms. The topological polar surface area (TPSA) is 72.9 Å². The van der Waals surface area contributed by atoms with E-state index in [1.807, 2.05) is 0 Å². The Hall–Kier alpha value is -1.67. The zero-order valence-electron chi connectivity index (χ0n) is 14.4. The number of ether oxygens (including phenoxy) is 2. The number of sulfonamides is 1. The molecule has 0 heterocycles. The number of benzene rings is 2. The summed E-state index contributed by atoms with van der Waals surface area (Å²) in [5.74, 6) is -0.518. The fourth-order valence-electron chi connectivity index (χ4n) is 2.25. The van der Waals surface area contributed by atoms with Crippen molar-refractivity contribution in [3.63, 3.8) is 0 Å². The van der Waals surface area contributed by atoms with Crippen LogP contribution in [-0.4, -0.2) is 34.6 Å². The highest BCUT2D eigenvalue weighted by molar-refractivity contribution is 7.92. The number of anilines is 1. The van der Waals surface area contributed by atoms with Crippen molar-refractivity contribution < 1.29 is 22.7 Å². The van der Waals surface area contributed by atoms with E-state index in [9.17, 15) is 13.2 Å². The van der Waals surface area contributed by atoms with Gasteiger partial charge in [-0.1, -0.05) is 34.8 Å². The third-order valence-electron chi connectivity index (χ3n) is 3.47. The first-order valence-corrected chi connectivity index (χ1v) is 10.2. The first-order valence-electron chi connectivity index (χ1n) is 7.67. The summed E-state index contributed by atoms with van der Waals surface area (Å²) < 4.78 is 37.5. The van der Waals surface area contributed by atoms with Crippen molar-refractivity contribution in [3.05, 3.63) is 51.5 Å². The Balaban J connectivity index is 2.63. The molecule has 0 saturated carbocycles. The average molecular weight is 453 g/mol. The summed E-state index contributed by atoms with van der Waals surface area (Å²) in [6.45, 7) is 1.15. The highest BCUT2D eigenvalue weighted by Crippen LogP contribution is 2.36. The Labute approximate surface area is 172 Å². The molecule has 0 aliphatic carbocycles. The summed E-state index contributed by atoms with van der Waals surface area (Å²) in [4.78, 5) is 11.9. The lowest BCUT2D eigenvalue weighted by Crippen LogP contribution is -2.37. The molecule has 0 spiro atoms. The number of carbonyl (C=O) groups is 1. The maximum absolute atomic E-state index is 13.2. The maximum Gasteiger partial charge on any atom is 0.326 e. The third kappa shape index (κ3) is 4.99. The summed E-state index contributed by atoms with van der Waals surface area (Å²) in [5, 5.41) is 0.531. The number of esters is 1. The third-order valence-corrected chi connectivity index (χ3v) is 6.20. The molecule has 0 aliphatic rings. The molecule has 2 aromatic carbocycles. The number of methoxy groups -OCH3 is 1. The largest absolute Gasteiger partial charge is 0.495 e. The normalized spacial score (nSPS) is 11.1. The number of carbonyl (C=O) groups excluding carboxylic acids is 1. The molecule has 0 atom stereocenters. The second-order valence-electron chi connectivity index (χ2n) is 5.21. The van der Waals surface area contributed by atoms with Gasteiger partial charge in [-0.25, -0.2) is 8.42 Å². The minimum absolute atomic E-state index is 0.0619. The minimum atomic E-state index is -4.21. The van der Waals surface area contributed by atoms with Crippen LogP contribution in [0.1, 0.15) is 6.92 Å². The molecule has 0 aromatic heterocycles. The lowest BCUT2D eigenvalue weighted by atomic mass is 10.3. The van der Waals surface area contributed by atoms with Crippen LogP contribution in [0.5, 0.6) is 5.75 Å².